The summed E-state index contributed by atoms with van der Waals surface area (Å²) >= 11 is 0. The van der Waals surface area contributed by atoms with Crippen molar-refractivity contribution in [2.24, 2.45) is 0 Å². The molecule has 2 rings (SSSR count). The Balaban J connectivity index is 1.75. The number of carbonyl (C=O) groups is 2. The summed E-state index contributed by atoms with van der Waals surface area (Å²) in [5.74, 6) is -1.36. The Morgan fingerprint density at radius 1 is 1.37 bits per heavy atom. The topological polar surface area (TPSA) is 85.3 Å². The zero-order valence-corrected chi connectivity index (χ0v) is 10.7. The third kappa shape index (κ3) is 3.89. The van der Waals surface area contributed by atoms with Crippen LogP contribution < -0.4 is 0 Å². The third-order valence-corrected chi connectivity index (χ3v) is 3.29. The van der Waals surface area contributed by atoms with Crippen LogP contribution in [0.1, 0.15) is 12.8 Å². The first-order valence-electron chi connectivity index (χ1n) is 6.48. The molecular formula is C12H19NO6. The Morgan fingerprint density at radius 3 is 2.89 bits per heavy atom. The van der Waals surface area contributed by atoms with Gasteiger partial charge in [0.2, 0.25) is 5.91 Å². The van der Waals surface area contributed by atoms with Crippen molar-refractivity contribution in [3.05, 3.63) is 0 Å². The number of ether oxygens (including phenoxy) is 3. The van der Waals surface area contributed by atoms with Gasteiger partial charge in [0.25, 0.3) is 0 Å². The minimum absolute atomic E-state index is 0.0345. The second-order valence-corrected chi connectivity index (χ2v) is 4.67. The number of nitrogens with zero attached hydrogens (tertiary/aromatic N) is 1. The van der Waals surface area contributed by atoms with Crippen molar-refractivity contribution in [1.29, 1.82) is 0 Å². The van der Waals surface area contributed by atoms with E-state index in [1.54, 1.807) is 0 Å². The SMILES string of the molecule is O=C(O)[C@@H]1COCCN1C(=O)COC[C@H]1CCCO1. The fourth-order valence-corrected chi connectivity index (χ4v) is 2.24. The Bertz CT molecular complexity index is 328. The van der Waals surface area contributed by atoms with E-state index in [0.717, 1.165) is 19.4 Å². The Labute approximate surface area is 111 Å². The van der Waals surface area contributed by atoms with E-state index in [-0.39, 0.29) is 25.2 Å². The first kappa shape index (κ1) is 14.2. The number of hydrogen-bond acceptors (Lipinski definition) is 5. The Kier molecular flexibility index (Phi) is 5.12. The molecule has 108 valence electrons. The monoisotopic (exact) mass is 273 g/mol. The van der Waals surface area contributed by atoms with Crippen molar-refractivity contribution >= 4 is 11.9 Å². The van der Waals surface area contributed by atoms with Gasteiger partial charge in [-0.2, -0.15) is 0 Å². The summed E-state index contributed by atoms with van der Waals surface area (Å²) in [6.07, 6.45) is 2.03. The molecule has 2 atom stereocenters. The van der Waals surface area contributed by atoms with Crippen LogP contribution in [0.5, 0.6) is 0 Å². The normalized spacial score (nSPS) is 27.5. The number of morpholine rings is 1. The minimum atomic E-state index is -1.05. The van der Waals surface area contributed by atoms with E-state index in [1.165, 1.54) is 4.90 Å². The van der Waals surface area contributed by atoms with E-state index >= 15 is 0 Å². The average molecular weight is 273 g/mol. The molecule has 0 aliphatic carbocycles. The van der Waals surface area contributed by atoms with Crippen molar-refractivity contribution in [2.45, 2.75) is 25.0 Å². The second-order valence-electron chi connectivity index (χ2n) is 4.67. The maximum Gasteiger partial charge on any atom is 0.328 e. The smallest absolute Gasteiger partial charge is 0.328 e. The summed E-state index contributed by atoms with van der Waals surface area (Å²) in [6.45, 7) is 1.71. The zero-order chi connectivity index (χ0) is 13.7. The van der Waals surface area contributed by atoms with Crippen LogP contribution in [0.2, 0.25) is 0 Å². The van der Waals surface area contributed by atoms with Gasteiger partial charge < -0.3 is 24.2 Å². The fourth-order valence-electron chi connectivity index (χ4n) is 2.24. The Hall–Kier alpha value is -1.18. The highest BCUT2D eigenvalue weighted by molar-refractivity contribution is 5.84. The first-order valence-corrected chi connectivity index (χ1v) is 6.48. The van der Waals surface area contributed by atoms with Gasteiger partial charge in [-0.15, -0.1) is 0 Å². The second kappa shape index (κ2) is 6.83. The molecule has 1 N–H and O–H groups in total. The molecule has 0 spiro atoms. The molecule has 0 bridgehead atoms. The molecule has 2 fully saturated rings. The number of carbonyl (C=O) groups excluding carboxylic acids is 1. The van der Waals surface area contributed by atoms with E-state index in [0.29, 0.717) is 19.8 Å². The predicted octanol–water partition coefficient (Wildman–Crippen LogP) is -0.506. The summed E-state index contributed by atoms with van der Waals surface area (Å²) in [4.78, 5) is 24.3. The van der Waals surface area contributed by atoms with Crippen molar-refractivity contribution in [2.75, 3.05) is 39.6 Å². The van der Waals surface area contributed by atoms with Crippen LogP contribution in [-0.4, -0.2) is 73.6 Å². The molecule has 2 aliphatic rings. The van der Waals surface area contributed by atoms with E-state index in [9.17, 15) is 9.59 Å². The lowest BCUT2D eigenvalue weighted by molar-refractivity contribution is -0.160. The first-order chi connectivity index (χ1) is 9.18. The number of carboxylic acids is 1. The predicted molar refractivity (Wildman–Crippen MR) is 63.7 cm³/mol. The fraction of sp³-hybridized carbons (Fsp3) is 0.833. The molecule has 0 saturated carbocycles. The number of hydrogen-bond donors (Lipinski definition) is 1. The van der Waals surface area contributed by atoms with Gasteiger partial charge in [-0.3, -0.25) is 4.79 Å². The molecule has 0 aromatic rings. The molecule has 2 heterocycles. The molecule has 7 heteroatoms. The number of aliphatic carboxylic acids is 1. The molecule has 1 amide bonds. The van der Waals surface area contributed by atoms with Crippen LogP contribution in [0.25, 0.3) is 0 Å². The van der Waals surface area contributed by atoms with Gasteiger partial charge in [0.1, 0.15) is 6.61 Å². The quantitative estimate of drug-likeness (QED) is 0.726. The molecule has 19 heavy (non-hydrogen) atoms. The molecule has 0 aromatic heterocycles. The standard InChI is InChI=1S/C12H19NO6/c14-11(8-18-6-9-2-1-4-19-9)13-3-5-17-7-10(13)12(15)16/h9-10H,1-8H2,(H,15,16)/t9-,10+/m1/s1. The van der Waals surface area contributed by atoms with Crippen molar-refractivity contribution in [3.8, 4) is 0 Å². The lowest BCUT2D eigenvalue weighted by Gasteiger charge is -2.32. The summed E-state index contributed by atoms with van der Waals surface area (Å²) < 4.78 is 15.8. The van der Waals surface area contributed by atoms with Gasteiger partial charge in [0, 0.05) is 13.2 Å². The van der Waals surface area contributed by atoms with Crippen LogP contribution >= 0.6 is 0 Å². The van der Waals surface area contributed by atoms with Crippen LogP contribution in [0.15, 0.2) is 0 Å². The van der Waals surface area contributed by atoms with Gasteiger partial charge in [0.15, 0.2) is 6.04 Å². The molecule has 0 aromatic carbocycles. The summed E-state index contributed by atoms with van der Waals surface area (Å²) in [6, 6.07) is -0.910. The molecule has 0 unspecified atom stereocenters. The van der Waals surface area contributed by atoms with Gasteiger partial charge >= 0.3 is 5.97 Å². The van der Waals surface area contributed by atoms with Gasteiger partial charge in [-0.1, -0.05) is 0 Å². The van der Waals surface area contributed by atoms with Crippen molar-refractivity contribution in [1.82, 2.24) is 4.90 Å². The molecule has 0 radical (unpaired) electrons. The number of rotatable bonds is 5. The van der Waals surface area contributed by atoms with Crippen LogP contribution in [-0.2, 0) is 23.8 Å². The largest absolute Gasteiger partial charge is 0.480 e. The van der Waals surface area contributed by atoms with Crippen LogP contribution in [0.3, 0.4) is 0 Å². The third-order valence-electron chi connectivity index (χ3n) is 3.29. The number of amides is 1. The summed E-state index contributed by atoms with van der Waals surface area (Å²) in [7, 11) is 0. The summed E-state index contributed by atoms with van der Waals surface area (Å²) in [5, 5.41) is 9.02. The van der Waals surface area contributed by atoms with E-state index < -0.39 is 12.0 Å². The van der Waals surface area contributed by atoms with Gasteiger partial charge in [-0.25, -0.2) is 4.79 Å². The molecule has 2 aliphatic heterocycles. The lowest BCUT2D eigenvalue weighted by atomic mass is 10.2. The van der Waals surface area contributed by atoms with Crippen molar-refractivity contribution in [3.63, 3.8) is 0 Å². The average Bonchev–Trinajstić information content (AvgIpc) is 2.91. The minimum Gasteiger partial charge on any atom is -0.480 e. The van der Waals surface area contributed by atoms with Crippen LogP contribution in [0.4, 0.5) is 0 Å². The van der Waals surface area contributed by atoms with Crippen LogP contribution in [0, 0.1) is 0 Å². The maximum atomic E-state index is 11.9. The zero-order valence-electron chi connectivity index (χ0n) is 10.7. The van der Waals surface area contributed by atoms with Gasteiger partial charge in [-0.05, 0) is 12.8 Å². The van der Waals surface area contributed by atoms with Gasteiger partial charge in [0.05, 0.1) is 25.9 Å². The van der Waals surface area contributed by atoms with E-state index in [4.69, 9.17) is 19.3 Å². The maximum absolute atomic E-state index is 11.9. The van der Waals surface area contributed by atoms with E-state index in [2.05, 4.69) is 0 Å². The highest BCUT2D eigenvalue weighted by atomic mass is 16.5. The highest BCUT2D eigenvalue weighted by Crippen LogP contribution is 2.12. The van der Waals surface area contributed by atoms with E-state index in [1.807, 2.05) is 0 Å². The number of carboxylic acid groups (broad SMARTS) is 1. The Morgan fingerprint density at radius 2 is 2.21 bits per heavy atom. The molecule has 2 saturated heterocycles. The highest BCUT2D eigenvalue weighted by Gasteiger charge is 2.32. The van der Waals surface area contributed by atoms with Crippen molar-refractivity contribution < 1.29 is 28.9 Å². The molecule has 7 nitrogen and oxygen atoms in total. The lowest BCUT2D eigenvalue weighted by Crippen LogP contribution is -2.53. The molecular weight excluding hydrogens is 254 g/mol. The summed E-state index contributed by atoms with van der Waals surface area (Å²) in [5.41, 5.74) is 0.